The normalized spacial score (nSPS) is 10.2. The van der Waals surface area contributed by atoms with Gasteiger partial charge in [-0.1, -0.05) is 23.7 Å². The summed E-state index contributed by atoms with van der Waals surface area (Å²) in [7, 11) is 0. The van der Waals surface area contributed by atoms with Gasteiger partial charge in [-0.15, -0.1) is 0 Å². The molecule has 2 rings (SSSR count). The summed E-state index contributed by atoms with van der Waals surface area (Å²) in [6.07, 6.45) is 0. The van der Waals surface area contributed by atoms with Gasteiger partial charge in [-0.2, -0.15) is 0 Å². The molecule has 2 nitrogen and oxygen atoms in total. The second-order valence-electron chi connectivity index (χ2n) is 3.47. The second kappa shape index (κ2) is 4.55. The zero-order valence-electron chi connectivity index (χ0n) is 8.65. The molecule has 0 unspecified atom stereocenters. The molecule has 0 atom stereocenters. The lowest BCUT2D eigenvalue weighted by molar-refractivity contribution is 0.103. The molecule has 0 spiro atoms. The van der Waals surface area contributed by atoms with Crippen molar-refractivity contribution in [2.45, 2.75) is 0 Å². The smallest absolute Gasteiger partial charge is 0.198 e. The topological polar surface area (TPSA) is 37.3 Å². The number of benzene rings is 2. The lowest BCUT2D eigenvalue weighted by Crippen LogP contribution is -2.03. The van der Waals surface area contributed by atoms with Crippen LogP contribution in [-0.2, 0) is 0 Å². The molecule has 0 bridgehead atoms. The summed E-state index contributed by atoms with van der Waals surface area (Å²) in [5.74, 6) is -1.36. The highest BCUT2D eigenvalue weighted by atomic mass is 35.5. The molecule has 86 valence electrons. The Morgan fingerprint density at radius 3 is 2.53 bits per heavy atom. The molecular weight excluding hydrogens is 243 g/mol. The van der Waals surface area contributed by atoms with Crippen molar-refractivity contribution >= 4 is 17.4 Å². The Morgan fingerprint density at radius 1 is 1.12 bits per heavy atom. The Kier molecular flexibility index (Phi) is 3.11. The van der Waals surface area contributed by atoms with Crippen LogP contribution in [0.5, 0.6) is 5.75 Å². The Labute approximate surface area is 102 Å². The second-order valence-corrected chi connectivity index (χ2v) is 3.88. The van der Waals surface area contributed by atoms with E-state index in [1.165, 1.54) is 6.07 Å². The molecule has 0 radical (unpaired) electrons. The minimum absolute atomic E-state index is 0.0990. The largest absolute Gasteiger partial charge is 0.507 e. The van der Waals surface area contributed by atoms with Crippen LogP contribution < -0.4 is 0 Å². The Bertz CT molecular complexity index is 581. The third kappa shape index (κ3) is 2.29. The van der Waals surface area contributed by atoms with Gasteiger partial charge in [-0.25, -0.2) is 4.39 Å². The Morgan fingerprint density at radius 2 is 1.82 bits per heavy atom. The molecular formula is C13H8ClFO2. The number of carbonyl (C=O) groups is 1. The summed E-state index contributed by atoms with van der Waals surface area (Å²) in [4.78, 5) is 12.0. The molecule has 0 saturated heterocycles. The number of phenolic OH excluding ortho intramolecular Hbond substituents is 1. The molecule has 1 N–H and O–H groups in total. The van der Waals surface area contributed by atoms with Crippen LogP contribution in [-0.4, -0.2) is 10.9 Å². The highest BCUT2D eigenvalue weighted by molar-refractivity contribution is 6.35. The van der Waals surface area contributed by atoms with Crippen LogP contribution in [0, 0.1) is 5.82 Å². The van der Waals surface area contributed by atoms with Gasteiger partial charge in [-0.05, 0) is 30.3 Å². The first-order valence-corrected chi connectivity index (χ1v) is 5.25. The summed E-state index contributed by atoms with van der Waals surface area (Å²) in [5.41, 5.74) is 0.133. The molecule has 0 aliphatic rings. The first-order valence-electron chi connectivity index (χ1n) is 4.87. The molecule has 0 aliphatic heterocycles. The number of hydrogen-bond acceptors (Lipinski definition) is 2. The van der Waals surface area contributed by atoms with Gasteiger partial charge >= 0.3 is 0 Å². The lowest BCUT2D eigenvalue weighted by atomic mass is 10.0. The van der Waals surface area contributed by atoms with Crippen LogP contribution in [0.1, 0.15) is 15.9 Å². The highest BCUT2D eigenvalue weighted by Crippen LogP contribution is 2.24. The van der Waals surface area contributed by atoms with Gasteiger partial charge in [0.25, 0.3) is 0 Å². The van der Waals surface area contributed by atoms with Gasteiger partial charge in [0.1, 0.15) is 11.6 Å². The maximum absolute atomic E-state index is 13.0. The van der Waals surface area contributed by atoms with Crippen molar-refractivity contribution in [1.29, 1.82) is 0 Å². The number of aromatic hydroxyl groups is 1. The van der Waals surface area contributed by atoms with E-state index in [1.54, 1.807) is 18.2 Å². The maximum Gasteiger partial charge on any atom is 0.198 e. The van der Waals surface area contributed by atoms with Crippen LogP contribution >= 0.6 is 11.6 Å². The van der Waals surface area contributed by atoms with E-state index in [-0.39, 0.29) is 21.9 Å². The van der Waals surface area contributed by atoms with E-state index in [4.69, 9.17) is 11.6 Å². The zero-order valence-corrected chi connectivity index (χ0v) is 9.41. The van der Waals surface area contributed by atoms with Crippen LogP contribution in [0.2, 0.25) is 5.02 Å². The Balaban J connectivity index is 2.51. The molecule has 0 saturated carbocycles. The van der Waals surface area contributed by atoms with E-state index < -0.39 is 11.6 Å². The third-order valence-electron chi connectivity index (χ3n) is 2.32. The predicted molar refractivity (Wildman–Crippen MR) is 62.9 cm³/mol. The summed E-state index contributed by atoms with van der Waals surface area (Å²) >= 11 is 5.86. The number of rotatable bonds is 2. The molecule has 0 aliphatic carbocycles. The summed E-state index contributed by atoms with van der Waals surface area (Å²) < 4.78 is 13.0. The van der Waals surface area contributed by atoms with E-state index in [0.29, 0.717) is 0 Å². The van der Waals surface area contributed by atoms with Crippen LogP contribution in [0.3, 0.4) is 0 Å². The van der Waals surface area contributed by atoms with E-state index in [9.17, 15) is 14.3 Å². The molecule has 2 aromatic rings. The minimum atomic E-state index is -0.585. The van der Waals surface area contributed by atoms with Gasteiger partial charge in [0.05, 0.1) is 10.6 Å². The van der Waals surface area contributed by atoms with Crippen molar-refractivity contribution in [2.24, 2.45) is 0 Å². The van der Waals surface area contributed by atoms with E-state index >= 15 is 0 Å². The SMILES string of the molecule is O=C(c1cc(F)ccc1O)c1ccccc1Cl. The molecule has 0 amide bonds. The van der Waals surface area contributed by atoms with E-state index in [1.807, 2.05) is 0 Å². The molecule has 0 fully saturated rings. The molecule has 4 heteroatoms. The third-order valence-corrected chi connectivity index (χ3v) is 2.65. The molecule has 0 heterocycles. The number of halogens is 2. The quantitative estimate of drug-likeness (QED) is 0.830. The number of phenols is 1. The summed E-state index contributed by atoms with van der Waals surface area (Å²) in [6, 6.07) is 9.62. The maximum atomic E-state index is 13.0. The van der Waals surface area contributed by atoms with Crippen molar-refractivity contribution in [3.8, 4) is 5.75 Å². The fourth-order valence-electron chi connectivity index (χ4n) is 1.48. The fourth-order valence-corrected chi connectivity index (χ4v) is 1.70. The zero-order chi connectivity index (χ0) is 12.4. The Hall–Kier alpha value is -1.87. The lowest BCUT2D eigenvalue weighted by Gasteiger charge is -2.05. The van der Waals surface area contributed by atoms with Gasteiger partial charge in [0.2, 0.25) is 0 Å². The fraction of sp³-hybridized carbons (Fsp3) is 0. The van der Waals surface area contributed by atoms with Crippen molar-refractivity contribution in [3.63, 3.8) is 0 Å². The monoisotopic (exact) mass is 250 g/mol. The van der Waals surface area contributed by atoms with E-state index in [2.05, 4.69) is 0 Å². The van der Waals surface area contributed by atoms with Crippen LogP contribution in [0.25, 0.3) is 0 Å². The van der Waals surface area contributed by atoms with Crippen LogP contribution in [0.15, 0.2) is 42.5 Å². The van der Waals surface area contributed by atoms with Crippen LogP contribution in [0.4, 0.5) is 4.39 Å². The standard InChI is InChI=1S/C13H8ClFO2/c14-11-4-2-1-3-9(11)13(17)10-7-8(15)5-6-12(10)16/h1-7,16H. The first-order chi connectivity index (χ1) is 8.09. The molecule has 0 aromatic heterocycles. The van der Waals surface area contributed by atoms with Crippen molar-refractivity contribution in [2.75, 3.05) is 0 Å². The van der Waals surface area contributed by atoms with Crippen molar-refractivity contribution in [1.82, 2.24) is 0 Å². The van der Waals surface area contributed by atoms with Crippen molar-refractivity contribution in [3.05, 3.63) is 64.4 Å². The van der Waals surface area contributed by atoms with Gasteiger partial charge in [0, 0.05) is 5.56 Å². The summed E-state index contributed by atoms with van der Waals surface area (Å²) in [5, 5.41) is 9.79. The predicted octanol–water partition coefficient (Wildman–Crippen LogP) is 3.42. The first kappa shape index (κ1) is 11.6. The summed E-state index contributed by atoms with van der Waals surface area (Å²) in [6.45, 7) is 0. The number of carbonyl (C=O) groups excluding carboxylic acids is 1. The number of ketones is 1. The van der Waals surface area contributed by atoms with E-state index in [0.717, 1.165) is 18.2 Å². The van der Waals surface area contributed by atoms with Gasteiger partial charge < -0.3 is 5.11 Å². The molecule has 2 aromatic carbocycles. The molecule has 17 heavy (non-hydrogen) atoms. The van der Waals surface area contributed by atoms with Gasteiger partial charge in [0.15, 0.2) is 5.78 Å². The number of hydrogen-bond donors (Lipinski definition) is 1. The van der Waals surface area contributed by atoms with Gasteiger partial charge in [-0.3, -0.25) is 4.79 Å². The average Bonchev–Trinajstić information content (AvgIpc) is 2.32. The highest BCUT2D eigenvalue weighted by Gasteiger charge is 2.16. The van der Waals surface area contributed by atoms with Crippen molar-refractivity contribution < 1.29 is 14.3 Å². The average molecular weight is 251 g/mol. The minimum Gasteiger partial charge on any atom is -0.507 e.